The van der Waals surface area contributed by atoms with Gasteiger partial charge in [0, 0.05) is 12.3 Å². The molecule has 0 heterocycles. The molecule has 0 spiro atoms. The van der Waals surface area contributed by atoms with Gasteiger partial charge in [0.1, 0.15) is 11.7 Å². The van der Waals surface area contributed by atoms with E-state index in [9.17, 15) is 14.4 Å². The van der Waals surface area contributed by atoms with Crippen LogP contribution in [0.15, 0.2) is 0 Å². The molecule has 0 aliphatic heterocycles. The molecule has 0 aromatic carbocycles. The Morgan fingerprint density at radius 2 is 1.89 bits per heavy atom. The number of esters is 2. The molecule has 0 radical (unpaired) electrons. The van der Waals surface area contributed by atoms with Gasteiger partial charge in [-0.3, -0.25) is 9.59 Å². The van der Waals surface area contributed by atoms with Crippen molar-refractivity contribution in [2.45, 2.75) is 39.5 Å². The minimum absolute atomic E-state index is 0.181. The number of unbranched alkanes of at least 4 members (excludes halogenated alkanes) is 2. The highest BCUT2D eigenvalue weighted by atomic mass is 16.5. The van der Waals surface area contributed by atoms with Crippen LogP contribution < -0.4 is 0 Å². The maximum absolute atomic E-state index is 11.5. The zero-order chi connectivity index (χ0) is 14.7. The van der Waals surface area contributed by atoms with Crippen LogP contribution in [0.4, 0.5) is 0 Å². The van der Waals surface area contributed by atoms with E-state index in [0.29, 0.717) is 25.7 Å². The van der Waals surface area contributed by atoms with Crippen molar-refractivity contribution in [1.29, 1.82) is 0 Å². The molecule has 0 N–H and O–H groups in total. The normalized spacial score (nSPS) is 10.9. The predicted octanol–water partition coefficient (Wildman–Crippen LogP) is 1.49. The molecule has 0 aliphatic rings. The number of methoxy groups -OCH3 is 1. The summed E-state index contributed by atoms with van der Waals surface area (Å²) in [5.41, 5.74) is 0. The molecular weight excluding hydrogens is 248 g/mol. The van der Waals surface area contributed by atoms with Gasteiger partial charge in [0.15, 0.2) is 0 Å². The van der Waals surface area contributed by atoms with E-state index in [-0.39, 0.29) is 12.4 Å². The van der Waals surface area contributed by atoms with Crippen molar-refractivity contribution in [1.82, 2.24) is 0 Å². The van der Waals surface area contributed by atoms with Crippen LogP contribution in [-0.2, 0) is 23.9 Å². The SMILES string of the molecule is CCOC(=O)C(CCCCC#CC(=O)OC)C(C)=O. The van der Waals surface area contributed by atoms with Crippen molar-refractivity contribution in [3.8, 4) is 11.8 Å². The van der Waals surface area contributed by atoms with Crippen LogP contribution in [0.3, 0.4) is 0 Å². The van der Waals surface area contributed by atoms with Gasteiger partial charge < -0.3 is 9.47 Å². The molecule has 0 fully saturated rings. The summed E-state index contributed by atoms with van der Waals surface area (Å²) in [6, 6.07) is 0. The summed E-state index contributed by atoms with van der Waals surface area (Å²) in [5, 5.41) is 0. The average Bonchev–Trinajstić information content (AvgIpc) is 2.37. The molecule has 1 atom stereocenters. The average molecular weight is 268 g/mol. The summed E-state index contributed by atoms with van der Waals surface area (Å²) in [6.45, 7) is 3.36. The minimum atomic E-state index is -0.687. The molecule has 19 heavy (non-hydrogen) atoms. The summed E-state index contributed by atoms with van der Waals surface area (Å²) in [7, 11) is 1.27. The van der Waals surface area contributed by atoms with Crippen molar-refractivity contribution < 1.29 is 23.9 Å². The fraction of sp³-hybridized carbons (Fsp3) is 0.643. The lowest BCUT2D eigenvalue weighted by atomic mass is 9.98. The maximum Gasteiger partial charge on any atom is 0.384 e. The molecule has 0 saturated heterocycles. The number of ether oxygens (including phenoxy) is 2. The molecular formula is C14H20O5. The molecule has 0 rings (SSSR count). The molecule has 0 amide bonds. The highest BCUT2D eigenvalue weighted by Gasteiger charge is 2.23. The Morgan fingerprint density at radius 1 is 1.21 bits per heavy atom. The molecule has 0 saturated carbocycles. The number of ketones is 1. The second-order valence-electron chi connectivity index (χ2n) is 3.95. The summed E-state index contributed by atoms with van der Waals surface area (Å²) < 4.78 is 9.21. The Labute approximate surface area is 113 Å². The molecule has 1 unspecified atom stereocenters. The van der Waals surface area contributed by atoms with Crippen LogP contribution in [0.5, 0.6) is 0 Å². The summed E-state index contributed by atoms with van der Waals surface area (Å²) >= 11 is 0. The van der Waals surface area contributed by atoms with Crippen LogP contribution in [-0.4, -0.2) is 31.4 Å². The first kappa shape index (κ1) is 17.2. The lowest BCUT2D eigenvalue weighted by Gasteiger charge is -2.11. The lowest BCUT2D eigenvalue weighted by Crippen LogP contribution is -2.24. The van der Waals surface area contributed by atoms with Crippen molar-refractivity contribution >= 4 is 17.7 Å². The Hall–Kier alpha value is -1.83. The van der Waals surface area contributed by atoms with E-state index >= 15 is 0 Å². The summed E-state index contributed by atoms with van der Waals surface area (Å²) in [5.74, 6) is 3.09. The molecule has 106 valence electrons. The molecule has 0 aliphatic carbocycles. The van der Waals surface area contributed by atoms with E-state index in [1.807, 2.05) is 0 Å². The van der Waals surface area contributed by atoms with Crippen LogP contribution in [0.25, 0.3) is 0 Å². The van der Waals surface area contributed by atoms with Gasteiger partial charge in [0.05, 0.1) is 13.7 Å². The second kappa shape index (κ2) is 10.1. The van der Waals surface area contributed by atoms with E-state index in [2.05, 4.69) is 16.6 Å². The molecule has 0 aromatic heterocycles. The Balaban J connectivity index is 4.00. The Kier molecular flexibility index (Phi) is 9.15. The fourth-order valence-electron chi connectivity index (χ4n) is 1.48. The minimum Gasteiger partial charge on any atom is -0.465 e. The number of hydrogen-bond donors (Lipinski definition) is 0. The third kappa shape index (κ3) is 7.98. The maximum atomic E-state index is 11.5. The molecule has 0 aromatic rings. The van der Waals surface area contributed by atoms with E-state index in [4.69, 9.17) is 4.74 Å². The lowest BCUT2D eigenvalue weighted by molar-refractivity contribution is -0.151. The largest absolute Gasteiger partial charge is 0.465 e. The van der Waals surface area contributed by atoms with Gasteiger partial charge in [-0.2, -0.15) is 0 Å². The van der Waals surface area contributed by atoms with Gasteiger partial charge in [0.2, 0.25) is 0 Å². The number of hydrogen-bond acceptors (Lipinski definition) is 5. The third-order valence-electron chi connectivity index (χ3n) is 2.48. The van der Waals surface area contributed by atoms with E-state index < -0.39 is 17.9 Å². The number of carbonyl (C=O) groups is 3. The first-order chi connectivity index (χ1) is 9.02. The standard InChI is InChI=1S/C14H20O5/c1-4-19-14(17)12(11(2)15)9-7-5-6-8-10-13(16)18-3/h12H,4-7,9H2,1-3H3. The Morgan fingerprint density at radius 3 is 2.42 bits per heavy atom. The van der Waals surface area contributed by atoms with E-state index in [1.54, 1.807) is 6.92 Å². The monoisotopic (exact) mass is 268 g/mol. The van der Waals surface area contributed by atoms with Gasteiger partial charge in [-0.15, -0.1) is 0 Å². The van der Waals surface area contributed by atoms with Gasteiger partial charge in [-0.25, -0.2) is 4.79 Å². The van der Waals surface area contributed by atoms with Crippen LogP contribution in [0.2, 0.25) is 0 Å². The van der Waals surface area contributed by atoms with Crippen molar-refractivity contribution in [3.05, 3.63) is 0 Å². The van der Waals surface area contributed by atoms with Crippen molar-refractivity contribution in [2.75, 3.05) is 13.7 Å². The van der Waals surface area contributed by atoms with Crippen LogP contribution in [0, 0.1) is 17.8 Å². The highest BCUT2D eigenvalue weighted by Crippen LogP contribution is 2.13. The third-order valence-corrected chi connectivity index (χ3v) is 2.48. The zero-order valence-electron chi connectivity index (χ0n) is 11.7. The van der Waals surface area contributed by atoms with Crippen LogP contribution >= 0.6 is 0 Å². The summed E-state index contributed by atoms with van der Waals surface area (Å²) in [6.07, 6.45) is 2.38. The quantitative estimate of drug-likeness (QED) is 0.230. The first-order valence-electron chi connectivity index (χ1n) is 6.26. The van der Waals surface area contributed by atoms with Gasteiger partial charge in [-0.1, -0.05) is 12.3 Å². The number of rotatable bonds is 7. The van der Waals surface area contributed by atoms with Crippen LogP contribution in [0.1, 0.15) is 39.5 Å². The summed E-state index contributed by atoms with van der Waals surface area (Å²) in [4.78, 5) is 33.5. The van der Waals surface area contributed by atoms with E-state index in [1.165, 1.54) is 14.0 Å². The van der Waals surface area contributed by atoms with Gasteiger partial charge in [-0.05, 0) is 26.7 Å². The van der Waals surface area contributed by atoms with Gasteiger partial charge >= 0.3 is 11.9 Å². The number of Topliss-reactive ketones (excluding diaryl/α,β-unsaturated/α-hetero) is 1. The van der Waals surface area contributed by atoms with Crippen molar-refractivity contribution in [3.63, 3.8) is 0 Å². The molecule has 0 bridgehead atoms. The molecule has 5 heteroatoms. The number of carbonyl (C=O) groups excluding carboxylic acids is 3. The zero-order valence-corrected chi connectivity index (χ0v) is 11.7. The van der Waals surface area contributed by atoms with E-state index in [0.717, 1.165) is 0 Å². The predicted molar refractivity (Wildman–Crippen MR) is 69.1 cm³/mol. The van der Waals surface area contributed by atoms with Crippen molar-refractivity contribution in [2.24, 2.45) is 5.92 Å². The highest BCUT2D eigenvalue weighted by molar-refractivity contribution is 5.97. The first-order valence-corrected chi connectivity index (χ1v) is 6.26. The molecule has 5 nitrogen and oxygen atoms in total. The Bertz CT molecular complexity index is 375. The topological polar surface area (TPSA) is 69.7 Å². The second-order valence-corrected chi connectivity index (χ2v) is 3.95. The fourth-order valence-corrected chi connectivity index (χ4v) is 1.48. The van der Waals surface area contributed by atoms with Gasteiger partial charge in [0.25, 0.3) is 0 Å². The smallest absolute Gasteiger partial charge is 0.384 e.